The molecule has 0 radical (unpaired) electrons. The van der Waals surface area contributed by atoms with Crippen molar-refractivity contribution in [2.75, 3.05) is 0 Å². The molecule has 1 atom stereocenters. The third kappa shape index (κ3) is 3.65. The predicted octanol–water partition coefficient (Wildman–Crippen LogP) is 3.50. The van der Waals surface area contributed by atoms with Crippen LogP contribution in [-0.4, -0.2) is 6.03 Å². The Morgan fingerprint density at radius 2 is 1.86 bits per heavy atom. The smallest absolute Gasteiger partial charge is 0.330 e. The van der Waals surface area contributed by atoms with Crippen LogP contribution >= 0.6 is 0 Å². The minimum Gasteiger partial charge on any atom is -0.330 e. The van der Waals surface area contributed by atoms with Crippen molar-refractivity contribution in [3.05, 3.63) is 71.3 Å². The first kappa shape index (κ1) is 14.6. The Hall–Kier alpha value is -2.33. The monoisotopic (exact) mass is 296 g/mol. The zero-order chi connectivity index (χ0) is 15.2. The lowest BCUT2D eigenvalue weighted by Gasteiger charge is -2.26. The molecule has 1 aliphatic rings. The molecule has 0 aromatic heterocycles. The van der Waals surface area contributed by atoms with E-state index in [4.69, 9.17) is 4.84 Å². The number of hydrogen-bond donors (Lipinski definition) is 2. The quantitative estimate of drug-likeness (QED) is 0.848. The summed E-state index contributed by atoms with van der Waals surface area (Å²) in [5.41, 5.74) is 6.02. The summed E-state index contributed by atoms with van der Waals surface area (Å²) in [6.07, 6.45) is 3.14. The molecular weight excluding hydrogens is 276 g/mol. The summed E-state index contributed by atoms with van der Waals surface area (Å²) >= 11 is 0. The van der Waals surface area contributed by atoms with Gasteiger partial charge in [-0.3, -0.25) is 4.84 Å². The second-order valence-electron chi connectivity index (χ2n) is 5.49. The highest BCUT2D eigenvalue weighted by Crippen LogP contribution is 2.29. The molecule has 22 heavy (non-hydrogen) atoms. The summed E-state index contributed by atoms with van der Waals surface area (Å²) in [5.74, 6) is 0. The standard InChI is InChI=1S/C18H20N2O2/c21-18(20-22-13-14-7-2-1-3-8-14)19-17-12-6-10-15-9-4-5-11-16(15)17/h1-5,7-9,11,17H,6,10,12-13H2,(H2,19,20,21). The van der Waals surface area contributed by atoms with E-state index in [0.29, 0.717) is 6.61 Å². The van der Waals surface area contributed by atoms with Crippen LogP contribution in [0.15, 0.2) is 54.6 Å². The average molecular weight is 296 g/mol. The van der Waals surface area contributed by atoms with Gasteiger partial charge in [0.15, 0.2) is 0 Å². The van der Waals surface area contributed by atoms with Gasteiger partial charge in [0.1, 0.15) is 0 Å². The first-order chi connectivity index (χ1) is 10.8. The molecular formula is C18H20N2O2. The Bertz CT molecular complexity index is 628. The maximum absolute atomic E-state index is 12.0. The molecule has 0 fully saturated rings. The Morgan fingerprint density at radius 3 is 2.73 bits per heavy atom. The van der Waals surface area contributed by atoms with Crippen LogP contribution in [0, 0.1) is 0 Å². The molecule has 1 unspecified atom stereocenters. The number of benzene rings is 2. The second-order valence-corrected chi connectivity index (χ2v) is 5.49. The van der Waals surface area contributed by atoms with Gasteiger partial charge in [-0.25, -0.2) is 10.3 Å². The number of rotatable bonds is 4. The molecule has 2 aromatic rings. The van der Waals surface area contributed by atoms with Crippen LogP contribution in [0.5, 0.6) is 0 Å². The van der Waals surface area contributed by atoms with Crippen LogP contribution in [-0.2, 0) is 17.9 Å². The van der Waals surface area contributed by atoms with E-state index in [-0.39, 0.29) is 12.1 Å². The molecule has 0 saturated carbocycles. The van der Waals surface area contributed by atoms with Crippen molar-refractivity contribution in [1.29, 1.82) is 0 Å². The van der Waals surface area contributed by atoms with E-state index < -0.39 is 0 Å². The lowest BCUT2D eigenvalue weighted by atomic mass is 9.88. The van der Waals surface area contributed by atoms with Crippen molar-refractivity contribution in [3.8, 4) is 0 Å². The van der Waals surface area contributed by atoms with E-state index in [2.05, 4.69) is 22.9 Å². The molecule has 0 aliphatic heterocycles. The molecule has 3 rings (SSSR count). The molecule has 2 aromatic carbocycles. The van der Waals surface area contributed by atoms with Crippen molar-refractivity contribution in [2.24, 2.45) is 0 Å². The summed E-state index contributed by atoms with van der Waals surface area (Å²) in [6, 6.07) is 17.8. The largest absolute Gasteiger partial charge is 0.339 e. The van der Waals surface area contributed by atoms with Gasteiger partial charge in [-0.2, -0.15) is 0 Å². The van der Waals surface area contributed by atoms with Gasteiger partial charge in [0.2, 0.25) is 0 Å². The van der Waals surface area contributed by atoms with E-state index in [1.807, 2.05) is 42.5 Å². The second kappa shape index (κ2) is 7.09. The van der Waals surface area contributed by atoms with Gasteiger partial charge in [0.25, 0.3) is 0 Å². The number of carbonyl (C=O) groups excluding carboxylic acids is 1. The third-order valence-electron chi connectivity index (χ3n) is 3.92. The van der Waals surface area contributed by atoms with Crippen LogP contribution in [0.2, 0.25) is 0 Å². The number of urea groups is 1. The van der Waals surface area contributed by atoms with Crippen molar-refractivity contribution in [1.82, 2.24) is 10.8 Å². The highest BCUT2D eigenvalue weighted by Gasteiger charge is 2.21. The number of carbonyl (C=O) groups is 1. The Balaban J connectivity index is 1.50. The maximum atomic E-state index is 12.0. The van der Waals surface area contributed by atoms with Crippen LogP contribution in [0.25, 0.3) is 0 Å². The lowest BCUT2D eigenvalue weighted by molar-refractivity contribution is 0.0479. The van der Waals surface area contributed by atoms with Gasteiger partial charge in [0, 0.05) is 0 Å². The van der Waals surface area contributed by atoms with Gasteiger partial charge < -0.3 is 5.32 Å². The van der Waals surface area contributed by atoms with E-state index in [9.17, 15) is 4.79 Å². The van der Waals surface area contributed by atoms with E-state index >= 15 is 0 Å². The summed E-state index contributed by atoms with van der Waals surface area (Å²) in [5, 5.41) is 2.99. The Morgan fingerprint density at radius 1 is 1.09 bits per heavy atom. The van der Waals surface area contributed by atoms with Gasteiger partial charge in [-0.15, -0.1) is 0 Å². The topological polar surface area (TPSA) is 50.4 Å². The number of fused-ring (bicyclic) bond motifs is 1. The molecule has 1 aliphatic carbocycles. The third-order valence-corrected chi connectivity index (χ3v) is 3.92. The van der Waals surface area contributed by atoms with Crippen molar-refractivity contribution < 1.29 is 9.63 Å². The van der Waals surface area contributed by atoms with Crippen LogP contribution in [0.4, 0.5) is 4.79 Å². The fourth-order valence-electron chi connectivity index (χ4n) is 2.85. The van der Waals surface area contributed by atoms with E-state index in [1.54, 1.807) is 0 Å². The number of amides is 2. The highest BCUT2D eigenvalue weighted by atomic mass is 16.7. The predicted molar refractivity (Wildman–Crippen MR) is 85.0 cm³/mol. The fourth-order valence-corrected chi connectivity index (χ4v) is 2.85. The molecule has 2 amide bonds. The summed E-state index contributed by atoms with van der Waals surface area (Å²) in [6.45, 7) is 0.357. The van der Waals surface area contributed by atoms with E-state index in [1.165, 1.54) is 11.1 Å². The molecule has 0 bridgehead atoms. The van der Waals surface area contributed by atoms with Gasteiger partial charge in [0.05, 0.1) is 12.6 Å². The minimum absolute atomic E-state index is 0.0604. The van der Waals surface area contributed by atoms with Crippen molar-refractivity contribution in [2.45, 2.75) is 31.9 Å². The van der Waals surface area contributed by atoms with Gasteiger partial charge >= 0.3 is 6.03 Å². The normalized spacial score (nSPS) is 16.6. The zero-order valence-corrected chi connectivity index (χ0v) is 12.4. The number of nitrogens with one attached hydrogen (secondary N) is 2. The minimum atomic E-state index is -0.294. The number of hydroxylamine groups is 1. The molecule has 4 nitrogen and oxygen atoms in total. The molecule has 0 spiro atoms. The summed E-state index contributed by atoms with van der Waals surface area (Å²) in [7, 11) is 0. The fraction of sp³-hybridized carbons (Fsp3) is 0.278. The number of aryl methyl sites for hydroxylation is 1. The van der Waals surface area contributed by atoms with Crippen LogP contribution < -0.4 is 10.8 Å². The molecule has 0 saturated heterocycles. The first-order valence-corrected chi connectivity index (χ1v) is 7.63. The molecule has 114 valence electrons. The molecule has 4 heteroatoms. The maximum Gasteiger partial charge on any atom is 0.339 e. The Kier molecular flexibility index (Phi) is 4.71. The lowest BCUT2D eigenvalue weighted by Crippen LogP contribution is -2.39. The van der Waals surface area contributed by atoms with Gasteiger partial charge in [-0.05, 0) is 36.0 Å². The summed E-state index contributed by atoms with van der Waals surface area (Å²) < 4.78 is 0. The van der Waals surface area contributed by atoms with Gasteiger partial charge in [-0.1, -0.05) is 54.6 Å². The SMILES string of the molecule is O=C(NOCc1ccccc1)NC1CCCc2ccccc21. The zero-order valence-electron chi connectivity index (χ0n) is 12.4. The molecule has 2 N–H and O–H groups in total. The summed E-state index contributed by atoms with van der Waals surface area (Å²) in [4.78, 5) is 17.2. The van der Waals surface area contributed by atoms with Crippen molar-refractivity contribution in [3.63, 3.8) is 0 Å². The van der Waals surface area contributed by atoms with Crippen LogP contribution in [0.3, 0.4) is 0 Å². The van der Waals surface area contributed by atoms with Crippen molar-refractivity contribution >= 4 is 6.03 Å². The highest BCUT2D eigenvalue weighted by molar-refractivity contribution is 5.73. The number of hydrogen-bond acceptors (Lipinski definition) is 2. The van der Waals surface area contributed by atoms with Crippen LogP contribution in [0.1, 0.15) is 35.6 Å². The Labute approximate surface area is 130 Å². The molecule has 0 heterocycles. The first-order valence-electron chi connectivity index (χ1n) is 7.63. The average Bonchev–Trinajstić information content (AvgIpc) is 2.56. The van der Waals surface area contributed by atoms with E-state index in [0.717, 1.165) is 24.8 Å².